The maximum absolute atomic E-state index is 5.77. The highest BCUT2D eigenvalue weighted by atomic mass is 16.5. The molecule has 3 aliphatic rings. The number of nitrogens with zero attached hydrogens (tertiary/aromatic N) is 2. The Balaban J connectivity index is 1.49. The van der Waals surface area contributed by atoms with Crippen molar-refractivity contribution in [3.05, 3.63) is 0 Å². The fourth-order valence-electron chi connectivity index (χ4n) is 3.59. The van der Waals surface area contributed by atoms with Gasteiger partial charge in [-0.05, 0) is 32.1 Å². The van der Waals surface area contributed by atoms with Gasteiger partial charge in [-0.15, -0.1) is 0 Å². The molecule has 2 atom stereocenters. The Morgan fingerprint density at radius 1 is 1.35 bits per heavy atom. The number of aliphatic imine (C=N–C) groups is 1. The Morgan fingerprint density at radius 2 is 2.30 bits per heavy atom. The summed E-state index contributed by atoms with van der Waals surface area (Å²) in [5.41, 5.74) is 0.388. The number of hydrogen-bond acceptors (Lipinski definition) is 3. The second-order valence-electron chi connectivity index (χ2n) is 6.39. The van der Waals surface area contributed by atoms with Crippen LogP contribution in [0.15, 0.2) is 4.99 Å². The average Bonchev–Trinajstić information content (AvgIpc) is 3.12. The molecular weight excluding hydrogens is 254 g/mol. The monoisotopic (exact) mass is 281 g/mol. The van der Waals surface area contributed by atoms with Crippen LogP contribution in [-0.4, -0.2) is 63.5 Å². The second kappa shape index (κ2) is 6.31. The SMILES string of the molecule is CN=C(NCC1CCCCO1)N1CCC2(CCOC2)C1. The van der Waals surface area contributed by atoms with E-state index in [-0.39, 0.29) is 0 Å². The van der Waals surface area contributed by atoms with Gasteiger partial charge in [0.05, 0.1) is 12.7 Å². The largest absolute Gasteiger partial charge is 0.381 e. The third kappa shape index (κ3) is 3.09. The van der Waals surface area contributed by atoms with Crippen molar-refractivity contribution >= 4 is 5.96 Å². The zero-order chi connectivity index (χ0) is 13.8. The van der Waals surface area contributed by atoms with E-state index in [0.29, 0.717) is 11.5 Å². The normalized spacial score (nSPS) is 35.0. The Bertz CT molecular complexity index is 347. The summed E-state index contributed by atoms with van der Waals surface area (Å²) in [6, 6.07) is 0. The number of guanidine groups is 1. The smallest absolute Gasteiger partial charge is 0.193 e. The van der Waals surface area contributed by atoms with Gasteiger partial charge in [-0.2, -0.15) is 0 Å². The molecule has 2 unspecified atom stereocenters. The van der Waals surface area contributed by atoms with Crippen LogP contribution in [0.1, 0.15) is 32.1 Å². The van der Waals surface area contributed by atoms with Crippen molar-refractivity contribution in [1.82, 2.24) is 10.2 Å². The number of ether oxygens (including phenoxy) is 2. The van der Waals surface area contributed by atoms with Gasteiger partial charge < -0.3 is 19.7 Å². The lowest BCUT2D eigenvalue weighted by molar-refractivity contribution is 0.0191. The number of nitrogens with one attached hydrogen (secondary N) is 1. The summed E-state index contributed by atoms with van der Waals surface area (Å²) in [6.45, 7) is 5.82. The van der Waals surface area contributed by atoms with Crippen molar-refractivity contribution in [2.45, 2.75) is 38.2 Å². The lowest BCUT2D eigenvalue weighted by atomic mass is 9.87. The highest BCUT2D eigenvalue weighted by Crippen LogP contribution is 2.38. The van der Waals surface area contributed by atoms with Gasteiger partial charge in [0, 0.05) is 45.3 Å². The molecule has 0 aliphatic carbocycles. The summed E-state index contributed by atoms with van der Waals surface area (Å²) in [4.78, 5) is 6.83. The predicted octanol–water partition coefficient (Wildman–Crippen LogP) is 1.24. The average molecular weight is 281 g/mol. The molecule has 1 N–H and O–H groups in total. The molecule has 3 heterocycles. The standard InChI is InChI=1S/C15H27N3O2/c1-16-14(17-10-13-4-2-3-8-20-13)18-7-5-15(11-18)6-9-19-12-15/h13H,2-12H2,1H3,(H,16,17). The zero-order valence-electron chi connectivity index (χ0n) is 12.6. The van der Waals surface area contributed by atoms with E-state index in [1.54, 1.807) is 0 Å². The van der Waals surface area contributed by atoms with Crippen molar-refractivity contribution in [2.75, 3.05) is 46.5 Å². The van der Waals surface area contributed by atoms with E-state index in [1.165, 1.54) is 32.1 Å². The van der Waals surface area contributed by atoms with Gasteiger partial charge in [0.25, 0.3) is 0 Å². The first-order valence-electron chi connectivity index (χ1n) is 7.96. The minimum Gasteiger partial charge on any atom is -0.381 e. The maximum Gasteiger partial charge on any atom is 0.193 e. The number of rotatable bonds is 2. The van der Waals surface area contributed by atoms with E-state index in [2.05, 4.69) is 15.2 Å². The van der Waals surface area contributed by atoms with Crippen molar-refractivity contribution in [1.29, 1.82) is 0 Å². The van der Waals surface area contributed by atoms with Crippen LogP contribution in [0, 0.1) is 5.41 Å². The molecule has 0 bridgehead atoms. The van der Waals surface area contributed by atoms with Gasteiger partial charge in [0.1, 0.15) is 0 Å². The Kier molecular flexibility index (Phi) is 4.46. The van der Waals surface area contributed by atoms with Gasteiger partial charge in [-0.1, -0.05) is 0 Å². The third-order valence-corrected chi connectivity index (χ3v) is 4.90. The van der Waals surface area contributed by atoms with Gasteiger partial charge in [-0.25, -0.2) is 0 Å². The maximum atomic E-state index is 5.77. The molecular formula is C15H27N3O2. The van der Waals surface area contributed by atoms with Crippen LogP contribution in [-0.2, 0) is 9.47 Å². The quantitative estimate of drug-likeness (QED) is 0.611. The van der Waals surface area contributed by atoms with E-state index in [1.807, 2.05) is 7.05 Å². The topological polar surface area (TPSA) is 46.1 Å². The first kappa shape index (κ1) is 14.1. The van der Waals surface area contributed by atoms with Crippen molar-refractivity contribution in [2.24, 2.45) is 10.4 Å². The molecule has 5 heteroatoms. The van der Waals surface area contributed by atoms with Crippen LogP contribution in [0.5, 0.6) is 0 Å². The molecule has 0 aromatic heterocycles. The van der Waals surface area contributed by atoms with Crippen LogP contribution in [0.4, 0.5) is 0 Å². The Labute approximate surface area is 121 Å². The first-order valence-corrected chi connectivity index (χ1v) is 7.96. The molecule has 3 aliphatic heterocycles. The van der Waals surface area contributed by atoms with Crippen LogP contribution >= 0.6 is 0 Å². The lowest BCUT2D eigenvalue weighted by Crippen LogP contribution is -2.45. The van der Waals surface area contributed by atoms with Crippen molar-refractivity contribution in [3.8, 4) is 0 Å². The molecule has 3 rings (SSSR count). The second-order valence-corrected chi connectivity index (χ2v) is 6.39. The summed E-state index contributed by atoms with van der Waals surface area (Å²) in [6.07, 6.45) is 6.45. The molecule has 114 valence electrons. The molecule has 5 nitrogen and oxygen atoms in total. The summed E-state index contributed by atoms with van der Waals surface area (Å²) in [7, 11) is 1.88. The Morgan fingerprint density at radius 3 is 3.00 bits per heavy atom. The number of hydrogen-bond donors (Lipinski definition) is 1. The van der Waals surface area contributed by atoms with Gasteiger partial charge >= 0.3 is 0 Å². The third-order valence-electron chi connectivity index (χ3n) is 4.90. The molecule has 0 radical (unpaired) electrons. The minimum absolute atomic E-state index is 0.354. The summed E-state index contributed by atoms with van der Waals surface area (Å²) in [5.74, 6) is 1.03. The van der Waals surface area contributed by atoms with E-state index >= 15 is 0 Å². The summed E-state index contributed by atoms with van der Waals surface area (Å²) in [5, 5.41) is 3.50. The number of likely N-dealkylation sites (tertiary alicyclic amines) is 1. The summed E-state index contributed by atoms with van der Waals surface area (Å²) >= 11 is 0. The van der Waals surface area contributed by atoms with E-state index in [0.717, 1.165) is 45.4 Å². The summed E-state index contributed by atoms with van der Waals surface area (Å²) < 4.78 is 11.4. The van der Waals surface area contributed by atoms with Crippen molar-refractivity contribution < 1.29 is 9.47 Å². The van der Waals surface area contributed by atoms with Crippen LogP contribution in [0.25, 0.3) is 0 Å². The zero-order valence-corrected chi connectivity index (χ0v) is 12.6. The fourth-order valence-corrected chi connectivity index (χ4v) is 3.59. The van der Waals surface area contributed by atoms with E-state index in [9.17, 15) is 0 Å². The van der Waals surface area contributed by atoms with Crippen molar-refractivity contribution in [3.63, 3.8) is 0 Å². The molecule has 1 spiro atoms. The van der Waals surface area contributed by atoms with Crippen LogP contribution in [0.2, 0.25) is 0 Å². The fraction of sp³-hybridized carbons (Fsp3) is 0.933. The highest BCUT2D eigenvalue weighted by molar-refractivity contribution is 5.80. The molecule has 3 fully saturated rings. The lowest BCUT2D eigenvalue weighted by Gasteiger charge is -2.27. The van der Waals surface area contributed by atoms with Crippen LogP contribution in [0.3, 0.4) is 0 Å². The van der Waals surface area contributed by atoms with Gasteiger partial charge in [0.15, 0.2) is 5.96 Å². The highest BCUT2D eigenvalue weighted by Gasteiger charge is 2.42. The van der Waals surface area contributed by atoms with E-state index in [4.69, 9.17) is 9.47 Å². The molecule has 20 heavy (non-hydrogen) atoms. The molecule has 3 saturated heterocycles. The first-order chi connectivity index (χ1) is 9.81. The van der Waals surface area contributed by atoms with E-state index < -0.39 is 0 Å². The molecule has 0 amide bonds. The molecule has 0 saturated carbocycles. The molecule has 0 aromatic rings. The van der Waals surface area contributed by atoms with Crippen LogP contribution < -0.4 is 5.32 Å². The van der Waals surface area contributed by atoms with Gasteiger partial charge in [0.2, 0.25) is 0 Å². The predicted molar refractivity (Wildman–Crippen MR) is 79.0 cm³/mol. The molecule has 0 aromatic carbocycles. The Hall–Kier alpha value is -0.810. The van der Waals surface area contributed by atoms with Gasteiger partial charge in [-0.3, -0.25) is 4.99 Å². The minimum atomic E-state index is 0.354.